The van der Waals surface area contributed by atoms with Crippen molar-refractivity contribution in [3.8, 4) is 0 Å². The van der Waals surface area contributed by atoms with Gasteiger partial charge in [0.05, 0.1) is 6.10 Å². The van der Waals surface area contributed by atoms with Gasteiger partial charge in [-0.25, -0.2) is 0 Å². The van der Waals surface area contributed by atoms with Gasteiger partial charge in [-0.1, -0.05) is 31.2 Å². The number of benzene rings is 1. The fraction of sp³-hybridized carbons (Fsp3) is 0.364. The molecule has 0 N–H and O–H groups in total. The Kier molecular flexibility index (Phi) is 3.65. The minimum Gasteiger partial charge on any atom is -0.377 e. The minimum absolute atomic E-state index is 0.140. The number of methoxy groups -OCH3 is 1. The summed E-state index contributed by atoms with van der Waals surface area (Å²) in [4.78, 5) is 10.4. The van der Waals surface area contributed by atoms with Crippen molar-refractivity contribution in [3.63, 3.8) is 0 Å². The van der Waals surface area contributed by atoms with Crippen LogP contribution in [-0.2, 0) is 4.74 Å². The second-order valence-electron chi connectivity index (χ2n) is 2.92. The van der Waals surface area contributed by atoms with Crippen molar-refractivity contribution in [2.24, 2.45) is 0 Å². The zero-order valence-electron chi connectivity index (χ0n) is 7.99. The molecule has 0 fully saturated rings. The zero-order valence-corrected chi connectivity index (χ0v) is 7.99. The third kappa shape index (κ3) is 2.39. The van der Waals surface area contributed by atoms with E-state index in [4.69, 9.17) is 4.74 Å². The normalized spacial score (nSPS) is 12.5. The Balaban J connectivity index is 2.83. The second-order valence-corrected chi connectivity index (χ2v) is 2.92. The van der Waals surface area contributed by atoms with Crippen LogP contribution in [0.3, 0.4) is 0 Å². The summed E-state index contributed by atoms with van der Waals surface area (Å²) in [5.74, 6) is 0. The van der Waals surface area contributed by atoms with Crippen LogP contribution in [0.2, 0.25) is 0 Å². The van der Waals surface area contributed by atoms with Crippen LogP contribution in [0.25, 0.3) is 0 Å². The van der Waals surface area contributed by atoms with Gasteiger partial charge in [0.15, 0.2) is 0 Å². The molecule has 0 radical (unpaired) electrons. The maximum absolute atomic E-state index is 10.4. The third-order valence-corrected chi connectivity index (χ3v) is 2.10. The number of carbonyl (C=O) groups excluding carboxylic acids is 1. The molecule has 0 aliphatic rings. The average Bonchev–Trinajstić information content (AvgIpc) is 2.21. The lowest BCUT2D eigenvalue weighted by atomic mass is 10.1. The molecule has 70 valence electrons. The molecule has 0 aliphatic carbocycles. The van der Waals surface area contributed by atoms with Crippen molar-refractivity contribution < 1.29 is 9.53 Å². The number of ether oxygens (including phenoxy) is 1. The van der Waals surface area contributed by atoms with E-state index >= 15 is 0 Å². The van der Waals surface area contributed by atoms with Gasteiger partial charge in [0, 0.05) is 12.7 Å². The SMILES string of the molecule is CC[C@H](OC)c1ccc(C=O)cc1. The van der Waals surface area contributed by atoms with Gasteiger partial charge < -0.3 is 4.74 Å². The van der Waals surface area contributed by atoms with Crippen LogP contribution in [0.15, 0.2) is 24.3 Å². The quantitative estimate of drug-likeness (QED) is 0.662. The maximum atomic E-state index is 10.4. The molecule has 1 aromatic carbocycles. The highest BCUT2D eigenvalue weighted by Gasteiger charge is 2.06. The van der Waals surface area contributed by atoms with Crippen molar-refractivity contribution in [1.29, 1.82) is 0 Å². The van der Waals surface area contributed by atoms with Crippen molar-refractivity contribution in [3.05, 3.63) is 35.4 Å². The van der Waals surface area contributed by atoms with Gasteiger partial charge >= 0.3 is 0 Å². The largest absolute Gasteiger partial charge is 0.377 e. The van der Waals surface area contributed by atoms with Crippen molar-refractivity contribution in [2.45, 2.75) is 19.4 Å². The van der Waals surface area contributed by atoms with E-state index < -0.39 is 0 Å². The Labute approximate surface area is 78.5 Å². The van der Waals surface area contributed by atoms with Gasteiger partial charge in [-0.2, -0.15) is 0 Å². The predicted molar refractivity (Wildman–Crippen MR) is 51.9 cm³/mol. The van der Waals surface area contributed by atoms with Crippen molar-refractivity contribution in [1.82, 2.24) is 0 Å². The summed E-state index contributed by atoms with van der Waals surface area (Å²) in [6.07, 6.45) is 1.93. The van der Waals surface area contributed by atoms with Crippen LogP contribution in [0.1, 0.15) is 35.4 Å². The first kappa shape index (κ1) is 9.93. The van der Waals surface area contributed by atoms with Crippen LogP contribution >= 0.6 is 0 Å². The summed E-state index contributed by atoms with van der Waals surface area (Å²) in [7, 11) is 1.70. The van der Waals surface area contributed by atoms with Crippen molar-refractivity contribution >= 4 is 6.29 Å². The van der Waals surface area contributed by atoms with Crippen LogP contribution in [0.5, 0.6) is 0 Å². The molecule has 0 saturated carbocycles. The topological polar surface area (TPSA) is 26.3 Å². The van der Waals surface area contributed by atoms with Crippen LogP contribution < -0.4 is 0 Å². The van der Waals surface area contributed by atoms with Crippen LogP contribution in [-0.4, -0.2) is 13.4 Å². The van der Waals surface area contributed by atoms with Gasteiger partial charge in [0.25, 0.3) is 0 Å². The smallest absolute Gasteiger partial charge is 0.150 e. The Bertz CT molecular complexity index is 260. The summed E-state index contributed by atoms with van der Waals surface area (Å²) >= 11 is 0. The second kappa shape index (κ2) is 4.77. The summed E-state index contributed by atoms with van der Waals surface area (Å²) in [5, 5.41) is 0. The first-order valence-electron chi connectivity index (χ1n) is 4.39. The molecule has 0 heterocycles. The van der Waals surface area contributed by atoms with E-state index in [0.717, 1.165) is 18.3 Å². The molecular formula is C11H14O2. The molecule has 0 unspecified atom stereocenters. The van der Waals surface area contributed by atoms with E-state index in [9.17, 15) is 4.79 Å². The van der Waals surface area contributed by atoms with E-state index in [0.29, 0.717) is 5.56 Å². The van der Waals surface area contributed by atoms with E-state index in [1.54, 1.807) is 7.11 Å². The Morgan fingerprint density at radius 1 is 1.38 bits per heavy atom. The van der Waals surface area contributed by atoms with Crippen LogP contribution in [0.4, 0.5) is 0 Å². The van der Waals surface area contributed by atoms with E-state index in [2.05, 4.69) is 6.92 Å². The lowest BCUT2D eigenvalue weighted by molar-refractivity contribution is 0.0999. The molecule has 2 heteroatoms. The fourth-order valence-corrected chi connectivity index (χ4v) is 1.33. The number of rotatable bonds is 4. The molecule has 13 heavy (non-hydrogen) atoms. The molecule has 0 amide bonds. The summed E-state index contributed by atoms with van der Waals surface area (Å²) in [5.41, 5.74) is 1.82. The highest BCUT2D eigenvalue weighted by Crippen LogP contribution is 2.19. The maximum Gasteiger partial charge on any atom is 0.150 e. The minimum atomic E-state index is 0.140. The van der Waals surface area contributed by atoms with Gasteiger partial charge in [0.2, 0.25) is 0 Å². The van der Waals surface area contributed by atoms with Crippen LogP contribution in [0, 0.1) is 0 Å². The van der Waals surface area contributed by atoms with Gasteiger partial charge in [-0.05, 0) is 12.0 Å². The number of carbonyl (C=O) groups is 1. The average molecular weight is 178 g/mol. The third-order valence-electron chi connectivity index (χ3n) is 2.10. The highest BCUT2D eigenvalue weighted by molar-refractivity contribution is 5.74. The number of hydrogen-bond donors (Lipinski definition) is 0. The molecule has 0 spiro atoms. The summed E-state index contributed by atoms with van der Waals surface area (Å²) < 4.78 is 5.27. The monoisotopic (exact) mass is 178 g/mol. The first-order chi connectivity index (χ1) is 6.31. The standard InChI is InChI=1S/C11H14O2/c1-3-11(13-2)10-6-4-9(8-12)5-7-10/h4-8,11H,3H2,1-2H3/t11-/m0/s1. The lowest BCUT2D eigenvalue weighted by Gasteiger charge is -2.12. The Hall–Kier alpha value is -1.15. The van der Waals surface area contributed by atoms with Gasteiger partial charge in [-0.3, -0.25) is 4.79 Å². The predicted octanol–water partition coefficient (Wildman–Crippen LogP) is 2.60. The van der Waals surface area contributed by atoms with E-state index in [1.807, 2.05) is 24.3 Å². The summed E-state index contributed by atoms with van der Waals surface area (Å²) in [6.45, 7) is 2.07. The first-order valence-corrected chi connectivity index (χ1v) is 4.39. The molecular weight excluding hydrogens is 164 g/mol. The van der Waals surface area contributed by atoms with Gasteiger partial charge in [-0.15, -0.1) is 0 Å². The highest BCUT2D eigenvalue weighted by atomic mass is 16.5. The Morgan fingerprint density at radius 3 is 2.38 bits per heavy atom. The molecule has 0 bridgehead atoms. The molecule has 1 aromatic rings. The lowest BCUT2D eigenvalue weighted by Crippen LogP contribution is -1.99. The van der Waals surface area contributed by atoms with Gasteiger partial charge in [0.1, 0.15) is 6.29 Å². The molecule has 1 atom stereocenters. The molecule has 0 aromatic heterocycles. The number of hydrogen-bond acceptors (Lipinski definition) is 2. The fourth-order valence-electron chi connectivity index (χ4n) is 1.33. The molecule has 1 rings (SSSR count). The van der Waals surface area contributed by atoms with E-state index in [1.165, 1.54) is 0 Å². The summed E-state index contributed by atoms with van der Waals surface area (Å²) in [6, 6.07) is 7.48. The molecule has 2 nitrogen and oxygen atoms in total. The van der Waals surface area contributed by atoms with Crippen molar-refractivity contribution in [2.75, 3.05) is 7.11 Å². The Morgan fingerprint density at radius 2 is 2.00 bits per heavy atom. The molecule has 0 aliphatic heterocycles. The zero-order chi connectivity index (χ0) is 9.68. The number of aldehydes is 1. The molecule has 0 saturated heterocycles. The van der Waals surface area contributed by atoms with E-state index in [-0.39, 0.29) is 6.10 Å².